The number of nitrogens with one attached hydrogen (secondary N) is 3. The number of guanidine groups is 1. The van der Waals surface area contributed by atoms with Crippen LogP contribution in [0, 0.1) is 5.82 Å². The van der Waals surface area contributed by atoms with Crippen molar-refractivity contribution in [2.75, 3.05) is 5.32 Å². The molecule has 3 aromatic rings. The summed E-state index contributed by atoms with van der Waals surface area (Å²) >= 11 is 11.7. The molecule has 0 aliphatic heterocycles. The van der Waals surface area contributed by atoms with Crippen molar-refractivity contribution in [2.24, 2.45) is 4.99 Å². The number of rotatable bonds is 5. The summed E-state index contributed by atoms with van der Waals surface area (Å²) in [6.07, 6.45) is 0. The van der Waals surface area contributed by atoms with E-state index in [1.807, 2.05) is 19.9 Å². The second kappa shape index (κ2) is 9.73. The molecule has 0 radical (unpaired) electrons. The van der Waals surface area contributed by atoms with Gasteiger partial charge in [-0.25, -0.2) is 9.38 Å². The summed E-state index contributed by atoms with van der Waals surface area (Å²) < 4.78 is 13.4. The van der Waals surface area contributed by atoms with Gasteiger partial charge in [-0.1, -0.05) is 43.1 Å². The zero-order valence-electron chi connectivity index (χ0n) is 16.3. The first-order valence-corrected chi connectivity index (χ1v) is 9.95. The molecule has 0 unspecified atom stereocenters. The molecule has 0 fully saturated rings. The van der Waals surface area contributed by atoms with Gasteiger partial charge < -0.3 is 5.32 Å². The molecule has 3 rings (SSSR count). The molecule has 1 amide bonds. The number of anilines is 1. The van der Waals surface area contributed by atoms with Gasteiger partial charge in [-0.05, 0) is 47.9 Å². The maximum Gasteiger partial charge on any atom is 0.257 e. The molecule has 0 saturated carbocycles. The van der Waals surface area contributed by atoms with Crippen LogP contribution >= 0.6 is 23.2 Å². The molecule has 2 aromatic carbocycles. The van der Waals surface area contributed by atoms with Gasteiger partial charge in [0.2, 0.25) is 5.96 Å². The van der Waals surface area contributed by atoms with E-state index in [0.717, 1.165) is 5.69 Å². The SMILES string of the molecule is CC(C)c1cc(NC(=NCc2ccc(F)c(Cl)c2)NC(=O)c2ccc(Cl)cc2)n[nH]1. The molecular formula is C21H20Cl2FN5O. The fourth-order valence-corrected chi connectivity index (χ4v) is 2.85. The Bertz CT molecular complexity index is 1060. The number of nitrogens with zero attached hydrogens (tertiary/aromatic N) is 2. The third-order valence-corrected chi connectivity index (χ3v) is 4.75. The van der Waals surface area contributed by atoms with Crippen molar-refractivity contribution < 1.29 is 9.18 Å². The normalized spacial score (nSPS) is 11.6. The number of aromatic nitrogens is 2. The Balaban J connectivity index is 1.81. The molecule has 6 nitrogen and oxygen atoms in total. The Morgan fingerprint density at radius 2 is 1.90 bits per heavy atom. The number of carbonyl (C=O) groups excluding carboxylic acids is 1. The van der Waals surface area contributed by atoms with E-state index >= 15 is 0 Å². The monoisotopic (exact) mass is 447 g/mol. The lowest BCUT2D eigenvalue weighted by atomic mass is 10.1. The van der Waals surface area contributed by atoms with Gasteiger partial charge in [0.1, 0.15) is 5.82 Å². The van der Waals surface area contributed by atoms with E-state index in [1.165, 1.54) is 12.1 Å². The van der Waals surface area contributed by atoms with Crippen LogP contribution in [0.4, 0.5) is 10.2 Å². The topological polar surface area (TPSA) is 82.2 Å². The Labute approximate surface area is 183 Å². The van der Waals surface area contributed by atoms with Crippen molar-refractivity contribution in [3.8, 4) is 0 Å². The summed E-state index contributed by atoms with van der Waals surface area (Å²) in [5.41, 5.74) is 2.04. The van der Waals surface area contributed by atoms with E-state index in [2.05, 4.69) is 25.8 Å². The Hall–Kier alpha value is -2.90. The van der Waals surface area contributed by atoms with Crippen molar-refractivity contribution in [3.05, 3.63) is 81.2 Å². The lowest BCUT2D eigenvalue weighted by molar-refractivity contribution is 0.0977. The molecule has 3 N–H and O–H groups in total. The maximum absolute atomic E-state index is 13.4. The Kier molecular flexibility index (Phi) is 7.07. The molecule has 1 heterocycles. The third-order valence-electron chi connectivity index (χ3n) is 4.21. The Morgan fingerprint density at radius 1 is 1.17 bits per heavy atom. The number of benzene rings is 2. The highest BCUT2D eigenvalue weighted by molar-refractivity contribution is 6.31. The fourth-order valence-electron chi connectivity index (χ4n) is 2.52. The highest BCUT2D eigenvalue weighted by Gasteiger charge is 2.12. The number of halogens is 3. The van der Waals surface area contributed by atoms with E-state index in [0.29, 0.717) is 22.0 Å². The number of carbonyl (C=O) groups is 1. The quantitative estimate of drug-likeness (QED) is 0.362. The summed E-state index contributed by atoms with van der Waals surface area (Å²) in [7, 11) is 0. The first-order valence-electron chi connectivity index (χ1n) is 9.19. The summed E-state index contributed by atoms with van der Waals surface area (Å²) in [6, 6.07) is 12.7. The summed E-state index contributed by atoms with van der Waals surface area (Å²) in [5, 5.41) is 13.4. The second-order valence-electron chi connectivity index (χ2n) is 6.86. The van der Waals surface area contributed by atoms with E-state index in [4.69, 9.17) is 23.2 Å². The molecule has 0 aliphatic carbocycles. The standard InChI is InChI=1S/C21H20Cl2FN5O/c1-12(2)18-10-19(29-28-18)26-21(25-11-13-3-8-17(24)16(23)9-13)27-20(30)14-4-6-15(22)7-5-14/h3-10,12H,11H2,1-2H3,(H3,25,26,27,28,29,30). The Morgan fingerprint density at radius 3 is 2.53 bits per heavy atom. The number of hydrogen-bond donors (Lipinski definition) is 3. The number of aliphatic imine (C=N–C) groups is 1. The fraction of sp³-hybridized carbons (Fsp3) is 0.190. The van der Waals surface area contributed by atoms with E-state index < -0.39 is 5.82 Å². The maximum atomic E-state index is 13.4. The molecular weight excluding hydrogens is 428 g/mol. The van der Waals surface area contributed by atoms with Crippen LogP contribution in [0.15, 0.2) is 53.5 Å². The van der Waals surface area contributed by atoms with Crippen LogP contribution in [0.3, 0.4) is 0 Å². The lowest BCUT2D eigenvalue weighted by Crippen LogP contribution is -2.36. The van der Waals surface area contributed by atoms with Crippen LogP contribution in [0.5, 0.6) is 0 Å². The van der Waals surface area contributed by atoms with Crippen LogP contribution in [0.25, 0.3) is 0 Å². The van der Waals surface area contributed by atoms with Crippen LogP contribution < -0.4 is 10.6 Å². The van der Waals surface area contributed by atoms with Gasteiger partial charge in [0.15, 0.2) is 5.82 Å². The first kappa shape index (κ1) is 21.8. The van der Waals surface area contributed by atoms with E-state index in [9.17, 15) is 9.18 Å². The van der Waals surface area contributed by atoms with Crippen LogP contribution in [0.1, 0.15) is 41.4 Å². The van der Waals surface area contributed by atoms with Crippen LogP contribution in [-0.4, -0.2) is 22.1 Å². The van der Waals surface area contributed by atoms with Gasteiger partial charge in [-0.3, -0.25) is 15.2 Å². The predicted molar refractivity (Wildman–Crippen MR) is 118 cm³/mol. The number of amides is 1. The highest BCUT2D eigenvalue weighted by Crippen LogP contribution is 2.17. The second-order valence-corrected chi connectivity index (χ2v) is 7.71. The molecule has 0 bridgehead atoms. The molecule has 0 atom stereocenters. The van der Waals surface area contributed by atoms with Crippen molar-refractivity contribution in [3.63, 3.8) is 0 Å². The highest BCUT2D eigenvalue weighted by atomic mass is 35.5. The molecule has 30 heavy (non-hydrogen) atoms. The van der Waals surface area contributed by atoms with E-state index in [1.54, 1.807) is 30.3 Å². The minimum Gasteiger partial charge on any atom is -0.309 e. The molecule has 0 aliphatic rings. The van der Waals surface area contributed by atoms with Crippen LogP contribution in [0.2, 0.25) is 10.0 Å². The lowest BCUT2D eigenvalue weighted by Gasteiger charge is -2.10. The van der Waals surface area contributed by atoms with Crippen molar-refractivity contribution >= 4 is 40.9 Å². The molecule has 1 aromatic heterocycles. The van der Waals surface area contributed by atoms with Crippen molar-refractivity contribution in [1.29, 1.82) is 0 Å². The predicted octanol–water partition coefficient (Wildman–Crippen LogP) is 5.38. The van der Waals surface area contributed by atoms with Gasteiger partial charge in [0.05, 0.1) is 11.6 Å². The van der Waals surface area contributed by atoms with Gasteiger partial charge in [-0.2, -0.15) is 5.10 Å². The van der Waals surface area contributed by atoms with Crippen molar-refractivity contribution in [2.45, 2.75) is 26.3 Å². The van der Waals surface area contributed by atoms with Gasteiger partial charge in [0, 0.05) is 22.3 Å². The molecule has 156 valence electrons. The van der Waals surface area contributed by atoms with E-state index in [-0.39, 0.29) is 29.4 Å². The first-order chi connectivity index (χ1) is 14.3. The minimum atomic E-state index is -0.503. The number of H-pyrrole nitrogens is 1. The number of hydrogen-bond acceptors (Lipinski definition) is 3. The molecule has 9 heteroatoms. The largest absolute Gasteiger partial charge is 0.309 e. The van der Waals surface area contributed by atoms with Crippen molar-refractivity contribution in [1.82, 2.24) is 15.5 Å². The summed E-state index contributed by atoms with van der Waals surface area (Å²) in [6.45, 7) is 4.24. The van der Waals surface area contributed by atoms with Gasteiger partial charge in [0.25, 0.3) is 5.91 Å². The zero-order chi connectivity index (χ0) is 21.7. The zero-order valence-corrected chi connectivity index (χ0v) is 17.9. The average Bonchev–Trinajstić information content (AvgIpc) is 3.18. The smallest absolute Gasteiger partial charge is 0.257 e. The average molecular weight is 448 g/mol. The summed E-state index contributed by atoms with van der Waals surface area (Å²) in [5.74, 6) is 0.0906. The molecule has 0 saturated heterocycles. The van der Waals surface area contributed by atoms with Gasteiger partial charge >= 0.3 is 0 Å². The number of aromatic amines is 1. The minimum absolute atomic E-state index is 0.0104. The molecule has 0 spiro atoms. The summed E-state index contributed by atoms with van der Waals surface area (Å²) in [4.78, 5) is 17.0. The third kappa shape index (κ3) is 5.81. The van der Waals surface area contributed by atoms with Gasteiger partial charge in [-0.15, -0.1) is 0 Å². The van der Waals surface area contributed by atoms with Crippen LogP contribution in [-0.2, 0) is 6.54 Å².